The number of aromatic nitrogens is 1. The maximum Gasteiger partial charge on any atom is 0.247 e. The summed E-state index contributed by atoms with van der Waals surface area (Å²) in [6.45, 7) is 0. The van der Waals surface area contributed by atoms with E-state index in [0.29, 0.717) is 11.3 Å². The van der Waals surface area contributed by atoms with E-state index in [4.69, 9.17) is 11.6 Å². The number of rotatable bonds is 1. The first-order valence-corrected chi connectivity index (χ1v) is 6.18. The van der Waals surface area contributed by atoms with Gasteiger partial charge in [-0.05, 0) is 17.7 Å². The third-order valence-corrected chi connectivity index (χ3v) is 3.65. The van der Waals surface area contributed by atoms with E-state index in [1.54, 1.807) is 0 Å². The second-order valence-corrected chi connectivity index (χ2v) is 4.89. The molecule has 1 aliphatic carbocycles. The van der Waals surface area contributed by atoms with Crippen LogP contribution >= 0.6 is 11.6 Å². The Morgan fingerprint density at radius 3 is 2.90 bits per heavy atom. The summed E-state index contributed by atoms with van der Waals surface area (Å²) in [5.74, 6) is -1.03. The fourth-order valence-electron chi connectivity index (χ4n) is 2.28. The number of phenolic OH excluding ortho intramolecular Hbond substituents is 1. The molecule has 0 aliphatic heterocycles. The van der Waals surface area contributed by atoms with E-state index >= 15 is 0 Å². The van der Waals surface area contributed by atoms with Crippen LogP contribution < -0.4 is 0 Å². The standard InChI is InChI=1S/C13H8ClFN2O3/c14-12-11(18)5-9(15)8-4-6-3-7(17(19)20)1-2-10(6)16-13(8)12/h1,4-5,18H,2-3H2. The number of fused-ring (bicyclic) bond motifs is 2. The van der Waals surface area contributed by atoms with Crippen molar-refractivity contribution >= 4 is 22.5 Å². The van der Waals surface area contributed by atoms with Gasteiger partial charge in [-0.3, -0.25) is 15.1 Å². The number of pyridine rings is 1. The molecule has 0 bridgehead atoms. The van der Waals surface area contributed by atoms with E-state index in [2.05, 4.69) is 4.98 Å². The minimum Gasteiger partial charge on any atom is -0.506 e. The number of phenols is 1. The molecule has 1 N–H and O–H groups in total. The number of halogens is 2. The molecule has 5 nitrogen and oxygen atoms in total. The molecule has 0 fully saturated rings. The molecule has 3 rings (SSSR count). The second-order valence-electron chi connectivity index (χ2n) is 4.52. The van der Waals surface area contributed by atoms with Crippen molar-refractivity contribution in [3.63, 3.8) is 0 Å². The molecule has 0 amide bonds. The third-order valence-electron chi connectivity index (χ3n) is 3.28. The highest BCUT2D eigenvalue weighted by Crippen LogP contribution is 2.35. The molecule has 0 saturated carbocycles. The first-order valence-electron chi connectivity index (χ1n) is 5.80. The van der Waals surface area contributed by atoms with Crippen LogP contribution in [0.3, 0.4) is 0 Å². The zero-order valence-electron chi connectivity index (χ0n) is 10.1. The highest BCUT2D eigenvalue weighted by Gasteiger charge is 2.22. The molecule has 0 spiro atoms. The number of nitro groups is 1. The van der Waals surface area contributed by atoms with Crippen molar-refractivity contribution in [2.45, 2.75) is 12.8 Å². The number of aromatic hydroxyl groups is 1. The molecule has 1 aliphatic rings. The van der Waals surface area contributed by atoms with Gasteiger partial charge >= 0.3 is 0 Å². The van der Waals surface area contributed by atoms with Gasteiger partial charge in [-0.2, -0.15) is 0 Å². The Morgan fingerprint density at radius 2 is 2.20 bits per heavy atom. The summed E-state index contributed by atoms with van der Waals surface area (Å²) in [6, 6.07) is 2.42. The monoisotopic (exact) mass is 294 g/mol. The smallest absolute Gasteiger partial charge is 0.247 e. The Hall–Kier alpha value is -2.21. The van der Waals surface area contributed by atoms with Crippen molar-refractivity contribution in [3.8, 4) is 5.75 Å². The molecular weight excluding hydrogens is 287 g/mol. The van der Waals surface area contributed by atoms with E-state index in [0.717, 1.165) is 6.07 Å². The minimum atomic E-state index is -0.658. The quantitative estimate of drug-likeness (QED) is 0.648. The van der Waals surface area contributed by atoms with Crippen LogP contribution in [0, 0.1) is 15.9 Å². The molecule has 20 heavy (non-hydrogen) atoms. The number of allylic oxidation sites excluding steroid dienone is 2. The van der Waals surface area contributed by atoms with Crippen LogP contribution in [0.4, 0.5) is 4.39 Å². The van der Waals surface area contributed by atoms with Gasteiger partial charge in [-0.15, -0.1) is 0 Å². The van der Waals surface area contributed by atoms with Crippen LogP contribution in [-0.2, 0) is 12.8 Å². The molecule has 1 aromatic carbocycles. The van der Waals surface area contributed by atoms with Crippen molar-refractivity contribution in [2.75, 3.05) is 0 Å². The summed E-state index contributed by atoms with van der Waals surface area (Å²) in [5, 5.41) is 20.4. The third kappa shape index (κ3) is 1.89. The summed E-state index contributed by atoms with van der Waals surface area (Å²) in [7, 11) is 0. The molecule has 0 unspecified atom stereocenters. The molecule has 0 radical (unpaired) electrons. The summed E-state index contributed by atoms with van der Waals surface area (Å²) in [6.07, 6.45) is 1.87. The Morgan fingerprint density at radius 1 is 1.45 bits per heavy atom. The lowest BCUT2D eigenvalue weighted by Crippen LogP contribution is -2.11. The summed E-state index contributed by atoms with van der Waals surface area (Å²) in [5.41, 5.74) is 1.45. The highest BCUT2D eigenvalue weighted by molar-refractivity contribution is 6.36. The van der Waals surface area contributed by atoms with Gasteiger partial charge in [-0.25, -0.2) is 4.39 Å². The van der Waals surface area contributed by atoms with Crippen LogP contribution in [0.2, 0.25) is 5.02 Å². The van der Waals surface area contributed by atoms with Crippen LogP contribution in [0.1, 0.15) is 11.3 Å². The number of benzene rings is 1. The van der Waals surface area contributed by atoms with E-state index in [-0.39, 0.29) is 40.2 Å². The number of nitrogens with zero attached hydrogens (tertiary/aromatic N) is 2. The Kier molecular flexibility index (Phi) is 2.83. The zero-order chi connectivity index (χ0) is 14.4. The van der Waals surface area contributed by atoms with Crippen molar-refractivity contribution in [1.82, 2.24) is 4.98 Å². The second kappa shape index (κ2) is 4.42. The van der Waals surface area contributed by atoms with E-state index in [9.17, 15) is 19.6 Å². The van der Waals surface area contributed by atoms with Crippen LogP contribution in [0.25, 0.3) is 10.9 Å². The largest absolute Gasteiger partial charge is 0.506 e. The fourth-order valence-corrected chi connectivity index (χ4v) is 2.47. The molecular formula is C13H8ClFN2O3. The predicted molar refractivity (Wildman–Crippen MR) is 70.9 cm³/mol. The van der Waals surface area contributed by atoms with Crippen LogP contribution in [-0.4, -0.2) is 15.0 Å². The van der Waals surface area contributed by atoms with Crippen molar-refractivity contribution in [2.24, 2.45) is 0 Å². The SMILES string of the molecule is O=[N+]([O-])C1=CCc2nc3c(Cl)c(O)cc(F)c3cc2C1. The van der Waals surface area contributed by atoms with Gasteiger partial charge in [0.25, 0.3) is 0 Å². The molecule has 1 aromatic heterocycles. The predicted octanol–water partition coefficient (Wildman–Crippen LogP) is 2.99. The highest BCUT2D eigenvalue weighted by atomic mass is 35.5. The normalized spacial score (nSPS) is 14.0. The Bertz CT molecular complexity index is 789. The molecule has 0 saturated heterocycles. The average Bonchev–Trinajstić information content (AvgIpc) is 2.42. The Balaban J connectivity index is 2.22. The minimum absolute atomic E-state index is 0.0201. The lowest BCUT2D eigenvalue weighted by Gasteiger charge is -2.14. The van der Waals surface area contributed by atoms with Gasteiger partial charge in [0.15, 0.2) is 0 Å². The number of hydrogen-bond donors (Lipinski definition) is 1. The summed E-state index contributed by atoms with van der Waals surface area (Å²) >= 11 is 5.92. The molecule has 1 heterocycles. The lowest BCUT2D eigenvalue weighted by molar-refractivity contribution is -0.427. The lowest BCUT2D eigenvalue weighted by atomic mass is 9.97. The van der Waals surface area contributed by atoms with Gasteiger partial charge in [-0.1, -0.05) is 11.6 Å². The molecule has 102 valence electrons. The van der Waals surface area contributed by atoms with E-state index < -0.39 is 10.7 Å². The van der Waals surface area contributed by atoms with Gasteiger partial charge < -0.3 is 5.11 Å². The van der Waals surface area contributed by atoms with Crippen molar-refractivity contribution < 1.29 is 14.4 Å². The van der Waals surface area contributed by atoms with Crippen LogP contribution in [0.5, 0.6) is 5.75 Å². The maximum atomic E-state index is 13.8. The molecule has 0 atom stereocenters. The number of hydrogen-bond acceptors (Lipinski definition) is 4. The summed E-state index contributed by atoms with van der Waals surface area (Å²) in [4.78, 5) is 14.6. The van der Waals surface area contributed by atoms with Crippen molar-refractivity contribution in [3.05, 3.63) is 56.1 Å². The maximum absolute atomic E-state index is 13.8. The summed E-state index contributed by atoms with van der Waals surface area (Å²) < 4.78 is 13.8. The van der Waals surface area contributed by atoms with Gasteiger partial charge in [0.05, 0.1) is 16.9 Å². The van der Waals surface area contributed by atoms with Crippen LogP contribution in [0.15, 0.2) is 23.9 Å². The first kappa shape index (κ1) is 12.8. The topological polar surface area (TPSA) is 76.3 Å². The van der Waals surface area contributed by atoms with Crippen molar-refractivity contribution in [1.29, 1.82) is 0 Å². The average molecular weight is 295 g/mol. The zero-order valence-corrected chi connectivity index (χ0v) is 10.8. The molecule has 7 heteroatoms. The van der Waals surface area contributed by atoms with Gasteiger partial charge in [0.1, 0.15) is 16.6 Å². The van der Waals surface area contributed by atoms with Gasteiger partial charge in [0, 0.05) is 23.6 Å². The molecule has 2 aromatic rings. The van der Waals surface area contributed by atoms with E-state index in [1.807, 2.05) is 0 Å². The fraction of sp³-hybridized carbons (Fsp3) is 0.154. The first-order chi connectivity index (χ1) is 9.47. The van der Waals surface area contributed by atoms with E-state index in [1.165, 1.54) is 12.1 Å². The van der Waals surface area contributed by atoms with Gasteiger partial charge in [0.2, 0.25) is 5.70 Å². The Labute approximate surface area is 117 Å².